The van der Waals surface area contributed by atoms with Crippen LogP contribution in [0.15, 0.2) is 24.3 Å². The van der Waals surface area contributed by atoms with Crippen LogP contribution in [0.25, 0.3) is 0 Å². The van der Waals surface area contributed by atoms with Gasteiger partial charge >= 0.3 is 0 Å². The average Bonchev–Trinajstić information content (AvgIpc) is 2.96. The second-order valence-corrected chi connectivity index (χ2v) is 5.35. The highest BCUT2D eigenvalue weighted by Gasteiger charge is 2.21. The maximum Gasteiger partial charge on any atom is 0.260 e. The van der Waals surface area contributed by atoms with Crippen molar-refractivity contribution in [1.82, 2.24) is 10.2 Å². The van der Waals surface area contributed by atoms with E-state index in [4.69, 9.17) is 4.74 Å². The highest BCUT2D eigenvalue weighted by atomic mass is 16.5. The number of nitrogens with zero attached hydrogens (tertiary/aromatic N) is 2. The molecule has 0 atom stereocenters. The van der Waals surface area contributed by atoms with Gasteiger partial charge in [-0.15, -0.1) is 0 Å². The fraction of sp³-hybridized carbons (Fsp3) is 0.500. The summed E-state index contributed by atoms with van der Waals surface area (Å²) in [5.74, 6) is 0.731. The molecule has 0 unspecified atom stereocenters. The van der Waals surface area contributed by atoms with Gasteiger partial charge in [0.05, 0.1) is 0 Å². The summed E-state index contributed by atoms with van der Waals surface area (Å²) >= 11 is 0. The Bertz CT molecular complexity index is 516. The number of anilines is 1. The first-order chi connectivity index (χ1) is 10.6. The van der Waals surface area contributed by atoms with Crippen LogP contribution >= 0.6 is 0 Å². The van der Waals surface area contributed by atoms with Crippen LogP contribution in [0.2, 0.25) is 0 Å². The fourth-order valence-corrected chi connectivity index (χ4v) is 2.30. The van der Waals surface area contributed by atoms with Crippen molar-refractivity contribution in [2.24, 2.45) is 0 Å². The van der Waals surface area contributed by atoms with Crippen LogP contribution in [0.3, 0.4) is 0 Å². The Balaban J connectivity index is 1.84. The Labute approximate surface area is 131 Å². The zero-order valence-corrected chi connectivity index (χ0v) is 13.2. The minimum Gasteiger partial charge on any atom is -0.484 e. The van der Waals surface area contributed by atoms with Crippen molar-refractivity contribution in [2.45, 2.75) is 12.8 Å². The van der Waals surface area contributed by atoms with E-state index < -0.39 is 0 Å². The number of hydrogen-bond donors (Lipinski definition) is 1. The molecule has 1 N–H and O–H groups in total. The summed E-state index contributed by atoms with van der Waals surface area (Å²) in [6.45, 7) is 2.19. The third kappa shape index (κ3) is 4.21. The Morgan fingerprint density at radius 1 is 1.36 bits per heavy atom. The Hall–Kier alpha value is -2.08. The van der Waals surface area contributed by atoms with E-state index in [1.807, 2.05) is 19.2 Å². The number of hydrogen-bond acceptors (Lipinski definition) is 4. The average molecular weight is 305 g/mol. The number of benzene rings is 1. The molecule has 1 fully saturated rings. The molecule has 1 heterocycles. The van der Waals surface area contributed by atoms with E-state index in [2.05, 4.69) is 5.32 Å². The van der Waals surface area contributed by atoms with E-state index >= 15 is 0 Å². The summed E-state index contributed by atoms with van der Waals surface area (Å²) in [6, 6.07) is 7.30. The van der Waals surface area contributed by atoms with Crippen molar-refractivity contribution < 1.29 is 14.3 Å². The van der Waals surface area contributed by atoms with Crippen molar-refractivity contribution in [3.8, 4) is 5.75 Å². The maximum atomic E-state index is 11.9. The SMILES string of the molecule is CNCCN(C)C(=O)COc1ccc(N2CCCC2=O)cc1. The molecular weight excluding hydrogens is 282 g/mol. The smallest absolute Gasteiger partial charge is 0.260 e. The molecule has 0 spiro atoms. The number of likely N-dealkylation sites (N-methyl/N-ethyl adjacent to an activating group) is 2. The van der Waals surface area contributed by atoms with E-state index in [1.54, 1.807) is 29.0 Å². The summed E-state index contributed by atoms with van der Waals surface area (Å²) in [4.78, 5) is 26.9. The third-order valence-corrected chi connectivity index (χ3v) is 3.71. The lowest BCUT2D eigenvalue weighted by molar-refractivity contribution is -0.132. The molecule has 2 amide bonds. The van der Waals surface area contributed by atoms with Gasteiger partial charge in [0, 0.05) is 38.8 Å². The van der Waals surface area contributed by atoms with Crippen LogP contribution < -0.4 is 15.0 Å². The van der Waals surface area contributed by atoms with Crippen LogP contribution in [-0.2, 0) is 9.59 Å². The molecule has 1 aliphatic rings. The molecule has 0 saturated carbocycles. The topological polar surface area (TPSA) is 61.9 Å². The van der Waals surface area contributed by atoms with Gasteiger partial charge in [-0.2, -0.15) is 0 Å². The Kier molecular flexibility index (Phi) is 5.77. The van der Waals surface area contributed by atoms with Crippen molar-refractivity contribution in [3.05, 3.63) is 24.3 Å². The van der Waals surface area contributed by atoms with Gasteiger partial charge in [0.2, 0.25) is 5.91 Å². The van der Waals surface area contributed by atoms with E-state index in [1.165, 1.54) is 0 Å². The number of carbonyl (C=O) groups is 2. The zero-order valence-electron chi connectivity index (χ0n) is 13.2. The summed E-state index contributed by atoms with van der Waals surface area (Å²) < 4.78 is 5.50. The van der Waals surface area contributed by atoms with Crippen molar-refractivity contribution in [3.63, 3.8) is 0 Å². The largest absolute Gasteiger partial charge is 0.484 e. The Morgan fingerprint density at radius 3 is 2.68 bits per heavy atom. The highest BCUT2D eigenvalue weighted by molar-refractivity contribution is 5.95. The molecule has 6 heteroatoms. The standard InChI is InChI=1S/C16H23N3O3/c1-17-9-11-18(2)16(21)12-22-14-7-5-13(6-8-14)19-10-3-4-15(19)20/h5-8,17H,3-4,9-12H2,1-2H3. The van der Waals surface area contributed by atoms with Crippen molar-refractivity contribution in [2.75, 3.05) is 45.2 Å². The van der Waals surface area contributed by atoms with Gasteiger partial charge in [-0.1, -0.05) is 0 Å². The monoisotopic (exact) mass is 305 g/mol. The van der Waals surface area contributed by atoms with Crippen LogP contribution in [0.5, 0.6) is 5.75 Å². The fourth-order valence-electron chi connectivity index (χ4n) is 2.30. The molecule has 120 valence electrons. The minimum absolute atomic E-state index is 0.0161. The quantitative estimate of drug-likeness (QED) is 0.812. The lowest BCUT2D eigenvalue weighted by Crippen LogP contribution is -2.35. The molecule has 22 heavy (non-hydrogen) atoms. The molecule has 1 aromatic rings. The lowest BCUT2D eigenvalue weighted by Gasteiger charge is -2.18. The lowest BCUT2D eigenvalue weighted by atomic mass is 10.3. The Morgan fingerprint density at radius 2 is 2.09 bits per heavy atom. The van der Waals surface area contributed by atoms with Gasteiger partial charge in [0.25, 0.3) is 5.91 Å². The molecule has 1 saturated heterocycles. The molecule has 1 aromatic carbocycles. The van der Waals surface area contributed by atoms with Gasteiger partial charge in [0.15, 0.2) is 6.61 Å². The first-order valence-corrected chi connectivity index (χ1v) is 7.53. The van der Waals surface area contributed by atoms with E-state index in [9.17, 15) is 9.59 Å². The predicted octanol–water partition coefficient (Wildman–Crippen LogP) is 0.870. The van der Waals surface area contributed by atoms with Crippen LogP contribution in [0.4, 0.5) is 5.69 Å². The molecule has 0 aliphatic carbocycles. The number of carbonyl (C=O) groups excluding carboxylic acids is 2. The second-order valence-electron chi connectivity index (χ2n) is 5.35. The second kappa shape index (κ2) is 7.79. The summed E-state index contributed by atoms with van der Waals surface area (Å²) in [5.41, 5.74) is 0.882. The van der Waals surface area contributed by atoms with Crippen LogP contribution in [0.1, 0.15) is 12.8 Å². The number of rotatable bonds is 7. The van der Waals surface area contributed by atoms with E-state index in [0.717, 1.165) is 25.2 Å². The summed E-state index contributed by atoms with van der Waals surface area (Å²) in [5, 5.41) is 3.00. The molecule has 0 aromatic heterocycles. The molecule has 1 aliphatic heterocycles. The van der Waals surface area contributed by atoms with Crippen LogP contribution in [-0.4, -0.2) is 57.1 Å². The summed E-state index contributed by atoms with van der Waals surface area (Å²) in [7, 11) is 3.60. The van der Waals surface area contributed by atoms with Crippen molar-refractivity contribution >= 4 is 17.5 Å². The minimum atomic E-state index is -0.0611. The van der Waals surface area contributed by atoms with Gasteiger partial charge in [-0.3, -0.25) is 9.59 Å². The molecule has 0 bridgehead atoms. The predicted molar refractivity (Wildman–Crippen MR) is 85.1 cm³/mol. The van der Waals surface area contributed by atoms with Gasteiger partial charge < -0.3 is 19.9 Å². The molecular formula is C16H23N3O3. The van der Waals surface area contributed by atoms with Gasteiger partial charge in [0.1, 0.15) is 5.75 Å². The number of nitrogens with one attached hydrogen (secondary N) is 1. The third-order valence-electron chi connectivity index (χ3n) is 3.71. The van der Waals surface area contributed by atoms with E-state index in [-0.39, 0.29) is 18.4 Å². The van der Waals surface area contributed by atoms with Gasteiger partial charge in [-0.25, -0.2) is 0 Å². The van der Waals surface area contributed by atoms with Gasteiger partial charge in [-0.05, 0) is 37.7 Å². The summed E-state index contributed by atoms with van der Waals surface area (Å²) in [6.07, 6.45) is 1.52. The normalized spacial score (nSPS) is 14.3. The molecule has 2 rings (SSSR count). The maximum absolute atomic E-state index is 11.9. The van der Waals surface area contributed by atoms with Crippen molar-refractivity contribution in [1.29, 1.82) is 0 Å². The number of ether oxygens (including phenoxy) is 1. The van der Waals surface area contributed by atoms with E-state index in [0.29, 0.717) is 18.7 Å². The molecule has 0 radical (unpaired) electrons. The molecule has 6 nitrogen and oxygen atoms in total. The first-order valence-electron chi connectivity index (χ1n) is 7.53. The highest BCUT2D eigenvalue weighted by Crippen LogP contribution is 2.23. The number of amides is 2. The van der Waals surface area contributed by atoms with Crippen LogP contribution in [0, 0.1) is 0 Å². The first kappa shape index (κ1) is 16.3. The zero-order chi connectivity index (χ0) is 15.9.